The van der Waals surface area contributed by atoms with Gasteiger partial charge in [-0.2, -0.15) is 0 Å². The Bertz CT molecular complexity index is 1690. The van der Waals surface area contributed by atoms with Crippen molar-refractivity contribution in [2.45, 2.75) is 39.5 Å². The molecule has 0 aliphatic heterocycles. The Morgan fingerprint density at radius 1 is 0.935 bits per heavy atom. The number of amides is 1. The molecule has 1 aliphatic carbocycles. The van der Waals surface area contributed by atoms with E-state index >= 15 is 4.39 Å². The molecule has 2 N–H and O–H groups in total. The van der Waals surface area contributed by atoms with Gasteiger partial charge in [0.1, 0.15) is 11.6 Å². The molecule has 1 aromatic heterocycles. The van der Waals surface area contributed by atoms with E-state index in [9.17, 15) is 9.18 Å². The van der Waals surface area contributed by atoms with Gasteiger partial charge in [-0.15, -0.1) is 0 Å². The van der Waals surface area contributed by atoms with Crippen LogP contribution in [0.3, 0.4) is 0 Å². The van der Waals surface area contributed by atoms with Gasteiger partial charge in [0, 0.05) is 47.3 Å². The van der Waals surface area contributed by atoms with Crippen LogP contribution >= 0.6 is 0 Å². The zero-order chi connectivity index (χ0) is 32.7. The number of carbonyl (C=O) groups is 1. The van der Waals surface area contributed by atoms with Crippen molar-refractivity contribution >= 4 is 28.2 Å². The number of carbonyl (C=O) groups excluding carboxylic acids is 1. The van der Waals surface area contributed by atoms with Crippen LogP contribution in [0.25, 0.3) is 10.9 Å². The lowest BCUT2D eigenvalue weighted by Crippen LogP contribution is -2.45. The fourth-order valence-corrected chi connectivity index (χ4v) is 5.55. The van der Waals surface area contributed by atoms with Crippen LogP contribution in [0.15, 0.2) is 79.1 Å². The number of ether oxygens (including phenoxy) is 3. The first-order chi connectivity index (χ1) is 22.3. The lowest BCUT2D eigenvalue weighted by Gasteiger charge is -2.42. The summed E-state index contributed by atoms with van der Waals surface area (Å²) < 4.78 is 46.3. The van der Waals surface area contributed by atoms with Crippen molar-refractivity contribution in [2.24, 2.45) is 5.41 Å². The number of fused-ring (bicyclic) bond motifs is 1. The number of hydrogen-bond donors (Lipinski definition) is 2. The summed E-state index contributed by atoms with van der Waals surface area (Å²) in [6.07, 6.45) is 4.51. The Balaban J connectivity index is 1.27. The Hall–Kier alpha value is -4.70. The van der Waals surface area contributed by atoms with Gasteiger partial charge in [-0.05, 0) is 80.9 Å². The molecule has 1 amide bonds. The minimum absolute atomic E-state index is 0.0121. The van der Waals surface area contributed by atoms with Crippen LogP contribution in [0.2, 0.25) is 0 Å². The highest BCUT2D eigenvalue weighted by atomic mass is 19.1. The minimum atomic E-state index is -0.858. The number of methoxy groups -OCH3 is 1. The van der Waals surface area contributed by atoms with Crippen LogP contribution in [0.5, 0.6) is 23.0 Å². The summed E-state index contributed by atoms with van der Waals surface area (Å²) in [5.41, 5.74) is 1.19. The number of nitrogens with zero attached hydrogens (tertiary/aromatic N) is 2. The van der Waals surface area contributed by atoms with Crippen LogP contribution in [-0.4, -0.2) is 49.1 Å². The maximum atomic E-state index is 15.3. The highest BCUT2D eigenvalue weighted by Crippen LogP contribution is 2.47. The first-order valence-electron chi connectivity index (χ1n) is 15.6. The molecule has 0 bridgehead atoms. The average Bonchev–Trinajstić information content (AvgIpc) is 3.02. The van der Waals surface area contributed by atoms with Crippen LogP contribution in [0.1, 0.15) is 39.5 Å². The SMILES string of the molecule is C=C(Nc1ccc(F)cc1)C1(C(=O)Nc2ccc(Oc3ccnc4cc(OCCCN(CC)CC)c(OC)cc34)c(F)c2)CCC1. The van der Waals surface area contributed by atoms with Crippen LogP contribution in [-0.2, 0) is 4.79 Å². The van der Waals surface area contributed by atoms with Gasteiger partial charge in [0.15, 0.2) is 23.1 Å². The topological polar surface area (TPSA) is 85.0 Å². The highest BCUT2D eigenvalue weighted by Gasteiger charge is 2.47. The summed E-state index contributed by atoms with van der Waals surface area (Å²) in [6, 6.07) is 15.4. The lowest BCUT2D eigenvalue weighted by atomic mass is 9.66. The summed E-state index contributed by atoms with van der Waals surface area (Å²) in [6.45, 7) is 11.8. The smallest absolute Gasteiger partial charge is 0.236 e. The number of halogens is 2. The summed E-state index contributed by atoms with van der Waals surface area (Å²) >= 11 is 0. The number of hydrogen-bond acceptors (Lipinski definition) is 7. The van der Waals surface area contributed by atoms with Crippen molar-refractivity contribution in [2.75, 3.05) is 44.0 Å². The van der Waals surface area contributed by atoms with Crippen LogP contribution in [0.4, 0.5) is 20.2 Å². The third kappa shape index (κ3) is 7.23. The number of rotatable bonds is 15. The van der Waals surface area contributed by atoms with Gasteiger partial charge < -0.3 is 29.7 Å². The lowest BCUT2D eigenvalue weighted by molar-refractivity contribution is -0.127. The molecule has 1 fully saturated rings. The van der Waals surface area contributed by atoms with Gasteiger partial charge in [0.25, 0.3) is 0 Å². The van der Waals surface area contributed by atoms with Crippen LogP contribution < -0.4 is 24.8 Å². The fraction of sp³-hybridized carbons (Fsp3) is 0.333. The van der Waals surface area contributed by atoms with E-state index in [4.69, 9.17) is 14.2 Å². The molecule has 10 heteroatoms. The van der Waals surface area contributed by atoms with E-state index in [0.29, 0.717) is 64.7 Å². The minimum Gasteiger partial charge on any atom is -0.493 e. The van der Waals surface area contributed by atoms with Crippen molar-refractivity contribution in [3.63, 3.8) is 0 Å². The number of anilines is 2. The predicted molar refractivity (Wildman–Crippen MR) is 177 cm³/mol. The van der Waals surface area contributed by atoms with Gasteiger partial charge in [-0.25, -0.2) is 8.78 Å². The molecule has 3 aromatic carbocycles. The van der Waals surface area contributed by atoms with Gasteiger partial charge in [0.05, 0.1) is 24.6 Å². The first-order valence-corrected chi connectivity index (χ1v) is 15.6. The summed E-state index contributed by atoms with van der Waals surface area (Å²) in [4.78, 5) is 20.2. The Morgan fingerprint density at radius 2 is 1.67 bits per heavy atom. The molecule has 0 saturated heterocycles. The third-order valence-electron chi connectivity index (χ3n) is 8.53. The van der Waals surface area contributed by atoms with Gasteiger partial charge in [-0.1, -0.05) is 26.8 Å². The van der Waals surface area contributed by atoms with E-state index in [2.05, 4.69) is 40.9 Å². The summed E-state index contributed by atoms with van der Waals surface area (Å²) in [5.74, 6) is 0.191. The van der Waals surface area contributed by atoms with Crippen molar-refractivity contribution in [1.82, 2.24) is 9.88 Å². The van der Waals surface area contributed by atoms with E-state index in [-0.39, 0.29) is 17.5 Å². The van der Waals surface area contributed by atoms with Crippen molar-refractivity contribution in [1.29, 1.82) is 0 Å². The van der Waals surface area contributed by atoms with E-state index in [1.54, 1.807) is 49.7 Å². The molecule has 46 heavy (non-hydrogen) atoms. The monoisotopic (exact) mass is 630 g/mol. The van der Waals surface area contributed by atoms with Crippen molar-refractivity contribution < 1.29 is 27.8 Å². The molecule has 242 valence electrons. The Morgan fingerprint density at radius 3 is 2.33 bits per heavy atom. The number of benzene rings is 3. The molecule has 0 spiro atoms. The second-order valence-electron chi connectivity index (χ2n) is 11.3. The molecular formula is C36H40F2N4O4. The maximum Gasteiger partial charge on any atom is 0.236 e. The fourth-order valence-electron chi connectivity index (χ4n) is 5.55. The summed E-state index contributed by atoms with van der Waals surface area (Å²) in [7, 11) is 1.56. The normalized spacial score (nSPS) is 13.6. The summed E-state index contributed by atoms with van der Waals surface area (Å²) in [5, 5.41) is 6.60. The highest BCUT2D eigenvalue weighted by molar-refractivity contribution is 5.98. The van der Waals surface area contributed by atoms with E-state index in [1.807, 2.05) is 0 Å². The van der Waals surface area contributed by atoms with E-state index in [0.717, 1.165) is 32.5 Å². The predicted octanol–water partition coefficient (Wildman–Crippen LogP) is 8.16. The zero-order valence-corrected chi connectivity index (χ0v) is 26.5. The van der Waals surface area contributed by atoms with E-state index in [1.165, 1.54) is 24.3 Å². The number of nitrogens with one attached hydrogen (secondary N) is 2. The Kier molecular flexibility index (Phi) is 10.4. The molecule has 5 rings (SSSR count). The second kappa shape index (κ2) is 14.6. The molecule has 0 unspecified atom stereocenters. The number of pyridine rings is 1. The largest absolute Gasteiger partial charge is 0.493 e. The molecule has 1 saturated carbocycles. The molecular weight excluding hydrogens is 590 g/mol. The third-order valence-corrected chi connectivity index (χ3v) is 8.53. The van der Waals surface area contributed by atoms with Gasteiger partial charge in [0.2, 0.25) is 5.91 Å². The molecule has 0 atom stereocenters. The van der Waals surface area contributed by atoms with E-state index < -0.39 is 11.2 Å². The van der Waals surface area contributed by atoms with Crippen LogP contribution in [0, 0.1) is 17.0 Å². The quantitative estimate of drug-likeness (QED) is 0.128. The zero-order valence-electron chi connectivity index (χ0n) is 26.5. The standard InChI is InChI=1S/C36H40F2N4O4/c1-5-42(6-2)19-8-20-45-34-23-30-28(22-33(34)44-4)31(15-18-39-30)46-32-14-13-27(21-29(32)38)41-35(43)36(16-7-17-36)24(3)40-26-11-9-25(37)10-12-26/h9-15,18,21-23,40H,3,5-8,16-17,19-20H2,1-2,4H3,(H,41,43). The second-order valence-corrected chi connectivity index (χ2v) is 11.3. The van der Waals surface area contributed by atoms with Gasteiger partial charge >= 0.3 is 0 Å². The molecule has 4 aromatic rings. The van der Waals surface area contributed by atoms with Crippen molar-refractivity contribution in [3.8, 4) is 23.0 Å². The first kappa shape index (κ1) is 32.7. The average molecular weight is 631 g/mol. The van der Waals surface area contributed by atoms with Gasteiger partial charge in [-0.3, -0.25) is 9.78 Å². The van der Waals surface area contributed by atoms with Crippen molar-refractivity contribution in [3.05, 3.63) is 90.8 Å². The molecule has 1 heterocycles. The molecule has 1 aliphatic rings. The Labute approximate surface area is 268 Å². The maximum absolute atomic E-state index is 15.3. The molecule has 8 nitrogen and oxygen atoms in total. The molecule has 0 radical (unpaired) electrons. The number of aromatic nitrogens is 1.